The van der Waals surface area contributed by atoms with Gasteiger partial charge < -0.3 is 4.74 Å². The Labute approximate surface area is 115 Å². The van der Waals surface area contributed by atoms with Gasteiger partial charge in [0.1, 0.15) is 0 Å². The first kappa shape index (κ1) is 15.4. The van der Waals surface area contributed by atoms with Crippen molar-refractivity contribution in [3.05, 3.63) is 34.9 Å². The Hall–Kier alpha value is -0.610. The van der Waals surface area contributed by atoms with Crippen LogP contribution in [0.2, 0.25) is 5.02 Å². The van der Waals surface area contributed by atoms with Crippen LogP contribution in [0.1, 0.15) is 32.3 Å². The number of hydrogen-bond donors (Lipinski definition) is 2. The predicted molar refractivity (Wildman–Crippen MR) is 76.6 cm³/mol. The van der Waals surface area contributed by atoms with Crippen LogP contribution in [0.4, 0.5) is 0 Å². The lowest BCUT2D eigenvalue weighted by Gasteiger charge is -2.26. The zero-order valence-corrected chi connectivity index (χ0v) is 11.9. The molecule has 0 aliphatic heterocycles. The van der Waals surface area contributed by atoms with Gasteiger partial charge in [-0.15, -0.1) is 0 Å². The van der Waals surface area contributed by atoms with Gasteiger partial charge in [-0.25, -0.2) is 0 Å². The lowest BCUT2D eigenvalue weighted by Crippen LogP contribution is -2.46. The number of ether oxygens (including phenoxy) is 1. The monoisotopic (exact) mass is 270 g/mol. The van der Waals surface area contributed by atoms with E-state index in [9.17, 15) is 0 Å². The van der Waals surface area contributed by atoms with E-state index >= 15 is 0 Å². The third kappa shape index (κ3) is 4.94. The topological polar surface area (TPSA) is 47.3 Å². The van der Waals surface area contributed by atoms with Gasteiger partial charge in [0, 0.05) is 11.6 Å². The number of nitrogens with one attached hydrogen (secondary N) is 1. The van der Waals surface area contributed by atoms with E-state index in [1.165, 1.54) is 5.56 Å². The standard InChI is InChI=1S/C14H23ClN2O/c1-3-5-14(18-4-2)13(17-16)10-11-6-8-12(15)9-7-11/h6-9,13-14,17H,3-5,10,16H2,1-2H3. The van der Waals surface area contributed by atoms with E-state index in [2.05, 4.69) is 12.3 Å². The summed E-state index contributed by atoms with van der Waals surface area (Å²) in [5.74, 6) is 5.66. The molecule has 0 aliphatic carbocycles. The SMILES string of the molecule is CCCC(OCC)C(Cc1ccc(Cl)cc1)NN. The summed E-state index contributed by atoms with van der Waals surface area (Å²) in [5.41, 5.74) is 4.09. The molecule has 0 saturated carbocycles. The molecule has 0 radical (unpaired) electrons. The van der Waals surface area contributed by atoms with Crippen LogP contribution in [0.5, 0.6) is 0 Å². The zero-order valence-electron chi connectivity index (χ0n) is 11.2. The van der Waals surface area contributed by atoms with Crippen LogP contribution in [-0.4, -0.2) is 18.8 Å². The van der Waals surface area contributed by atoms with Gasteiger partial charge in [-0.05, 0) is 37.5 Å². The van der Waals surface area contributed by atoms with E-state index in [0.717, 1.165) is 24.3 Å². The molecule has 1 aromatic carbocycles. The molecule has 3 N–H and O–H groups in total. The van der Waals surface area contributed by atoms with Gasteiger partial charge in [0.05, 0.1) is 12.1 Å². The van der Waals surface area contributed by atoms with Crippen LogP contribution in [0.15, 0.2) is 24.3 Å². The zero-order chi connectivity index (χ0) is 13.4. The maximum absolute atomic E-state index is 5.88. The van der Waals surface area contributed by atoms with E-state index in [1.807, 2.05) is 31.2 Å². The fourth-order valence-electron chi connectivity index (χ4n) is 2.07. The molecule has 102 valence electrons. The number of rotatable bonds is 8. The van der Waals surface area contributed by atoms with E-state index in [4.69, 9.17) is 22.2 Å². The molecule has 2 atom stereocenters. The van der Waals surface area contributed by atoms with Gasteiger partial charge in [0.25, 0.3) is 0 Å². The summed E-state index contributed by atoms with van der Waals surface area (Å²) in [6.07, 6.45) is 3.10. The second-order valence-corrected chi connectivity index (χ2v) is 4.82. The molecule has 1 rings (SSSR count). The number of benzene rings is 1. The van der Waals surface area contributed by atoms with Crippen LogP contribution in [-0.2, 0) is 11.2 Å². The molecule has 0 aromatic heterocycles. The van der Waals surface area contributed by atoms with Gasteiger partial charge in [-0.3, -0.25) is 11.3 Å². The Balaban J connectivity index is 2.66. The third-order valence-electron chi connectivity index (χ3n) is 2.99. The van der Waals surface area contributed by atoms with Crippen molar-refractivity contribution >= 4 is 11.6 Å². The van der Waals surface area contributed by atoms with Crippen molar-refractivity contribution in [2.75, 3.05) is 6.61 Å². The quantitative estimate of drug-likeness (QED) is 0.564. The predicted octanol–water partition coefficient (Wildman–Crippen LogP) is 2.92. The lowest BCUT2D eigenvalue weighted by molar-refractivity contribution is 0.0281. The number of nitrogens with two attached hydrogens (primary N) is 1. The Bertz CT molecular complexity index is 323. The summed E-state index contributed by atoms with van der Waals surface area (Å²) in [7, 11) is 0. The molecule has 18 heavy (non-hydrogen) atoms. The van der Waals surface area contributed by atoms with E-state index in [1.54, 1.807) is 0 Å². The minimum Gasteiger partial charge on any atom is -0.377 e. The first-order valence-corrected chi connectivity index (χ1v) is 6.91. The summed E-state index contributed by atoms with van der Waals surface area (Å²) in [6.45, 7) is 4.88. The fourth-order valence-corrected chi connectivity index (χ4v) is 2.20. The molecule has 0 fully saturated rings. The van der Waals surface area contributed by atoms with Crippen molar-refractivity contribution in [2.24, 2.45) is 5.84 Å². The minimum absolute atomic E-state index is 0.131. The Morgan fingerprint density at radius 1 is 1.28 bits per heavy atom. The number of halogens is 1. The smallest absolute Gasteiger partial charge is 0.0744 e. The molecule has 2 unspecified atom stereocenters. The van der Waals surface area contributed by atoms with Crippen molar-refractivity contribution in [3.63, 3.8) is 0 Å². The molecule has 0 heterocycles. The fraction of sp³-hybridized carbons (Fsp3) is 0.571. The van der Waals surface area contributed by atoms with Crippen molar-refractivity contribution in [2.45, 2.75) is 45.3 Å². The van der Waals surface area contributed by atoms with Gasteiger partial charge in [-0.2, -0.15) is 0 Å². The van der Waals surface area contributed by atoms with Crippen molar-refractivity contribution < 1.29 is 4.74 Å². The largest absolute Gasteiger partial charge is 0.377 e. The van der Waals surface area contributed by atoms with E-state index in [-0.39, 0.29) is 12.1 Å². The molecular weight excluding hydrogens is 248 g/mol. The van der Waals surface area contributed by atoms with Crippen LogP contribution >= 0.6 is 11.6 Å². The maximum Gasteiger partial charge on any atom is 0.0744 e. The van der Waals surface area contributed by atoms with Gasteiger partial charge in [0.15, 0.2) is 0 Å². The van der Waals surface area contributed by atoms with Crippen molar-refractivity contribution in [1.82, 2.24) is 5.43 Å². The highest BCUT2D eigenvalue weighted by Gasteiger charge is 2.20. The van der Waals surface area contributed by atoms with Gasteiger partial charge >= 0.3 is 0 Å². The molecular formula is C14H23ClN2O. The second-order valence-electron chi connectivity index (χ2n) is 4.39. The molecule has 1 aromatic rings. The van der Waals surface area contributed by atoms with Crippen LogP contribution in [0, 0.1) is 0 Å². The third-order valence-corrected chi connectivity index (χ3v) is 3.24. The lowest BCUT2D eigenvalue weighted by atomic mass is 9.99. The van der Waals surface area contributed by atoms with Crippen LogP contribution < -0.4 is 11.3 Å². The molecule has 0 saturated heterocycles. The maximum atomic E-state index is 5.88. The van der Waals surface area contributed by atoms with Gasteiger partial charge in [0.2, 0.25) is 0 Å². The molecule has 0 amide bonds. The Morgan fingerprint density at radius 2 is 1.94 bits per heavy atom. The highest BCUT2D eigenvalue weighted by atomic mass is 35.5. The first-order valence-electron chi connectivity index (χ1n) is 6.53. The Morgan fingerprint density at radius 3 is 2.44 bits per heavy atom. The molecule has 0 aliphatic rings. The first-order chi connectivity index (χ1) is 8.71. The molecule has 3 nitrogen and oxygen atoms in total. The normalized spacial score (nSPS) is 14.4. The highest BCUT2D eigenvalue weighted by molar-refractivity contribution is 6.30. The Kier molecular flexibility index (Phi) is 7.28. The van der Waals surface area contributed by atoms with Crippen LogP contribution in [0.3, 0.4) is 0 Å². The molecule has 0 spiro atoms. The minimum atomic E-state index is 0.131. The van der Waals surface area contributed by atoms with E-state index in [0.29, 0.717) is 6.61 Å². The average Bonchev–Trinajstić information content (AvgIpc) is 2.38. The van der Waals surface area contributed by atoms with Gasteiger partial charge in [-0.1, -0.05) is 37.1 Å². The number of hydrazine groups is 1. The summed E-state index contributed by atoms with van der Waals surface area (Å²) in [4.78, 5) is 0. The summed E-state index contributed by atoms with van der Waals surface area (Å²) >= 11 is 5.88. The average molecular weight is 271 g/mol. The summed E-state index contributed by atoms with van der Waals surface area (Å²) < 4.78 is 5.76. The highest BCUT2D eigenvalue weighted by Crippen LogP contribution is 2.15. The summed E-state index contributed by atoms with van der Waals surface area (Å²) in [6, 6.07) is 7.99. The molecule has 0 bridgehead atoms. The van der Waals surface area contributed by atoms with E-state index < -0.39 is 0 Å². The second kappa shape index (κ2) is 8.48. The summed E-state index contributed by atoms with van der Waals surface area (Å²) in [5, 5.41) is 0.755. The van der Waals surface area contributed by atoms with Crippen molar-refractivity contribution in [1.29, 1.82) is 0 Å². The van der Waals surface area contributed by atoms with Crippen molar-refractivity contribution in [3.8, 4) is 0 Å². The van der Waals surface area contributed by atoms with Crippen LogP contribution in [0.25, 0.3) is 0 Å². The molecule has 4 heteroatoms. The number of hydrogen-bond acceptors (Lipinski definition) is 3.